The molecule has 2 rings (SSSR count). The fourth-order valence-corrected chi connectivity index (χ4v) is 1.83. The number of nitrogens with zero attached hydrogens (tertiary/aromatic N) is 1. The summed E-state index contributed by atoms with van der Waals surface area (Å²) in [4.78, 5) is 0. The molecular formula is C15H17NO2. The number of benzene rings is 1. The van der Waals surface area contributed by atoms with Gasteiger partial charge in [0.25, 0.3) is 5.95 Å². The molecule has 1 aromatic carbocycles. The molecule has 0 N–H and O–H groups in total. The Balaban J connectivity index is 2.23. The number of allylic oxidation sites excluding steroid dienone is 1. The minimum atomic E-state index is -0.268. The summed E-state index contributed by atoms with van der Waals surface area (Å²) >= 11 is 0. The van der Waals surface area contributed by atoms with Crippen LogP contribution in [0.5, 0.6) is 0 Å². The molecule has 0 amide bonds. The van der Waals surface area contributed by atoms with E-state index in [-0.39, 0.29) is 11.5 Å². The van der Waals surface area contributed by atoms with Crippen LogP contribution < -0.4 is 0 Å². The molecule has 18 heavy (non-hydrogen) atoms. The first-order chi connectivity index (χ1) is 8.52. The molecule has 1 heterocycles. The number of hydrogen-bond donors (Lipinski definition) is 0. The summed E-state index contributed by atoms with van der Waals surface area (Å²) in [6, 6.07) is 12.1. The highest BCUT2D eigenvalue weighted by molar-refractivity contribution is 5.29. The zero-order chi connectivity index (χ0) is 13.2. The molecule has 0 aliphatic carbocycles. The molecule has 1 saturated heterocycles. The lowest BCUT2D eigenvalue weighted by Gasteiger charge is -2.17. The Bertz CT molecular complexity index is 491. The smallest absolute Gasteiger partial charge is 0.294 e. The van der Waals surface area contributed by atoms with E-state index in [9.17, 15) is 5.26 Å². The molecule has 3 heteroatoms. The molecule has 0 spiro atoms. The molecule has 0 aromatic heterocycles. The van der Waals surface area contributed by atoms with E-state index < -0.39 is 0 Å². The van der Waals surface area contributed by atoms with Crippen molar-refractivity contribution in [2.75, 3.05) is 6.61 Å². The third-order valence-corrected chi connectivity index (χ3v) is 2.85. The highest BCUT2D eigenvalue weighted by atomic mass is 16.7. The van der Waals surface area contributed by atoms with Crippen molar-refractivity contribution in [3.05, 3.63) is 47.4 Å². The van der Waals surface area contributed by atoms with E-state index >= 15 is 0 Å². The number of nitriles is 1. The Labute approximate surface area is 108 Å². The zero-order valence-electron chi connectivity index (χ0n) is 10.9. The highest BCUT2D eigenvalue weighted by Crippen LogP contribution is 2.35. The second-order valence-corrected chi connectivity index (χ2v) is 5.35. The molecule has 1 aliphatic heterocycles. The van der Waals surface area contributed by atoms with Crippen molar-refractivity contribution >= 4 is 0 Å². The number of ether oxygens (including phenoxy) is 2. The zero-order valence-corrected chi connectivity index (χ0v) is 10.9. The van der Waals surface area contributed by atoms with Crippen LogP contribution in [0.3, 0.4) is 0 Å². The van der Waals surface area contributed by atoms with Crippen LogP contribution in [0.15, 0.2) is 41.9 Å². The molecule has 1 aliphatic rings. The quantitative estimate of drug-likeness (QED) is 0.708. The summed E-state index contributed by atoms with van der Waals surface area (Å²) in [6.07, 6.45) is -0.119. The van der Waals surface area contributed by atoms with Gasteiger partial charge in [0.1, 0.15) is 18.2 Å². The van der Waals surface area contributed by atoms with Crippen LogP contribution >= 0.6 is 0 Å². The van der Waals surface area contributed by atoms with Crippen LogP contribution in [-0.2, 0) is 9.47 Å². The maximum absolute atomic E-state index is 9.21. The van der Waals surface area contributed by atoms with E-state index in [0.717, 1.165) is 5.56 Å². The molecule has 1 unspecified atom stereocenters. The van der Waals surface area contributed by atoms with Gasteiger partial charge >= 0.3 is 0 Å². The molecule has 1 atom stereocenters. The molecule has 3 nitrogen and oxygen atoms in total. The lowest BCUT2D eigenvalue weighted by atomic mass is 9.88. The van der Waals surface area contributed by atoms with Crippen LogP contribution in [0.25, 0.3) is 0 Å². The van der Waals surface area contributed by atoms with E-state index in [1.165, 1.54) is 0 Å². The molecule has 0 bridgehead atoms. The Morgan fingerprint density at radius 2 is 1.94 bits per heavy atom. The van der Waals surface area contributed by atoms with Gasteiger partial charge in [0.15, 0.2) is 6.10 Å². The van der Waals surface area contributed by atoms with E-state index in [4.69, 9.17) is 9.47 Å². The van der Waals surface area contributed by atoms with Crippen molar-refractivity contribution in [2.24, 2.45) is 5.41 Å². The van der Waals surface area contributed by atoms with Crippen molar-refractivity contribution in [1.82, 2.24) is 0 Å². The summed E-state index contributed by atoms with van der Waals surface area (Å²) in [5.74, 6) is 0.374. The first-order valence-corrected chi connectivity index (χ1v) is 6.01. The topological polar surface area (TPSA) is 42.2 Å². The average molecular weight is 243 g/mol. The van der Waals surface area contributed by atoms with Crippen LogP contribution in [0.2, 0.25) is 0 Å². The van der Waals surface area contributed by atoms with Crippen molar-refractivity contribution in [3.8, 4) is 6.07 Å². The second kappa shape index (κ2) is 4.73. The van der Waals surface area contributed by atoms with E-state index in [1.54, 1.807) is 0 Å². The lowest BCUT2D eigenvalue weighted by molar-refractivity contribution is 0.133. The summed E-state index contributed by atoms with van der Waals surface area (Å²) in [5, 5.41) is 9.21. The normalized spacial score (nSPS) is 21.8. The van der Waals surface area contributed by atoms with Crippen LogP contribution in [0.4, 0.5) is 0 Å². The Morgan fingerprint density at radius 1 is 1.28 bits per heavy atom. The Morgan fingerprint density at radius 3 is 2.50 bits per heavy atom. The summed E-state index contributed by atoms with van der Waals surface area (Å²) in [6.45, 7) is 6.38. The van der Waals surface area contributed by atoms with E-state index in [1.807, 2.05) is 51.1 Å². The number of rotatable bonds is 1. The maximum atomic E-state index is 9.21. The van der Waals surface area contributed by atoms with Gasteiger partial charge in [-0.2, -0.15) is 5.26 Å². The second-order valence-electron chi connectivity index (χ2n) is 5.35. The monoisotopic (exact) mass is 243 g/mol. The highest BCUT2D eigenvalue weighted by Gasteiger charge is 2.31. The predicted molar refractivity (Wildman–Crippen MR) is 68.3 cm³/mol. The first-order valence-electron chi connectivity index (χ1n) is 6.01. The van der Waals surface area contributed by atoms with Crippen LogP contribution in [0.1, 0.15) is 32.4 Å². The summed E-state index contributed by atoms with van der Waals surface area (Å²) in [5.41, 5.74) is 1.36. The SMILES string of the molecule is CC(C)(C)C(C#N)=C1OCC(c2ccccc2)O1. The standard InChI is InChI=1S/C15H17NO2/c1-15(2,3)12(9-16)14-17-10-13(18-14)11-7-5-4-6-8-11/h4-8,13H,10H2,1-3H3. The average Bonchev–Trinajstić information content (AvgIpc) is 2.78. The van der Waals surface area contributed by atoms with Gasteiger partial charge in [-0.3, -0.25) is 0 Å². The third-order valence-electron chi connectivity index (χ3n) is 2.85. The van der Waals surface area contributed by atoms with Gasteiger partial charge in [0, 0.05) is 5.41 Å². The van der Waals surface area contributed by atoms with Crippen molar-refractivity contribution in [3.63, 3.8) is 0 Å². The van der Waals surface area contributed by atoms with Gasteiger partial charge in [0.05, 0.1) is 0 Å². The lowest BCUT2D eigenvalue weighted by Crippen LogP contribution is -2.11. The van der Waals surface area contributed by atoms with Crippen LogP contribution in [0, 0.1) is 16.7 Å². The fourth-order valence-electron chi connectivity index (χ4n) is 1.83. The third kappa shape index (κ3) is 2.48. The Hall–Kier alpha value is -1.95. The molecule has 0 saturated carbocycles. The van der Waals surface area contributed by atoms with Crippen molar-refractivity contribution < 1.29 is 9.47 Å². The molecule has 0 radical (unpaired) electrons. The predicted octanol–water partition coefficient (Wildman–Crippen LogP) is 3.56. The molecule has 1 aromatic rings. The molecule has 94 valence electrons. The van der Waals surface area contributed by atoms with E-state index in [0.29, 0.717) is 18.1 Å². The van der Waals surface area contributed by atoms with Crippen molar-refractivity contribution in [2.45, 2.75) is 26.9 Å². The molecule has 1 fully saturated rings. The summed E-state index contributed by atoms with van der Waals surface area (Å²) < 4.78 is 11.3. The fraction of sp³-hybridized carbons (Fsp3) is 0.400. The van der Waals surface area contributed by atoms with Gasteiger partial charge in [-0.25, -0.2) is 0 Å². The number of hydrogen-bond acceptors (Lipinski definition) is 3. The minimum Gasteiger partial charge on any atom is -0.460 e. The van der Waals surface area contributed by atoms with Gasteiger partial charge in [-0.15, -0.1) is 0 Å². The largest absolute Gasteiger partial charge is 0.460 e. The Kier molecular flexibility index (Phi) is 3.29. The minimum absolute atomic E-state index is 0.119. The van der Waals surface area contributed by atoms with Gasteiger partial charge in [-0.05, 0) is 5.56 Å². The van der Waals surface area contributed by atoms with Crippen molar-refractivity contribution in [1.29, 1.82) is 5.26 Å². The van der Waals surface area contributed by atoms with Gasteiger partial charge in [-0.1, -0.05) is 51.1 Å². The maximum Gasteiger partial charge on any atom is 0.294 e. The first kappa shape index (κ1) is 12.5. The van der Waals surface area contributed by atoms with Gasteiger partial charge in [0.2, 0.25) is 0 Å². The van der Waals surface area contributed by atoms with Gasteiger partial charge < -0.3 is 9.47 Å². The van der Waals surface area contributed by atoms with E-state index in [2.05, 4.69) is 6.07 Å². The van der Waals surface area contributed by atoms with Crippen LogP contribution in [-0.4, -0.2) is 6.61 Å². The summed E-state index contributed by atoms with van der Waals surface area (Å²) in [7, 11) is 0. The molecular weight excluding hydrogens is 226 g/mol.